The van der Waals surface area contributed by atoms with Gasteiger partial charge in [-0.2, -0.15) is 0 Å². The number of nitrogens with one attached hydrogen (secondary N) is 1. The Morgan fingerprint density at radius 3 is 2.83 bits per heavy atom. The zero-order valence-electron chi connectivity index (χ0n) is 13.7. The van der Waals surface area contributed by atoms with Crippen molar-refractivity contribution in [3.05, 3.63) is 34.9 Å². The SMILES string of the molecule is O=C(Cc1ccc2c(c1)CCCC2)NCC(O)COCC1CC1. The first-order valence-electron chi connectivity index (χ1n) is 8.84. The second-order valence-electron chi connectivity index (χ2n) is 6.93. The van der Waals surface area contributed by atoms with E-state index in [0.717, 1.165) is 25.0 Å². The van der Waals surface area contributed by atoms with Crippen LogP contribution < -0.4 is 5.32 Å². The molecule has 4 nitrogen and oxygen atoms in total. The second kappa shape index (κ2) is 7.93. The maximum Gasteiger partial charge on any atom is 0.224 e. The van der Waals surface area contributed by atoms with Crippen molar-refractivity contribution >= 4 is 5.91 Å². The number of hydrogen-bond acceptors (Lipinski definition) is 3. The van der Waals surface area contributed by atoms with Gasteiger partial charge in [0.25, 0.3) is 0 Å². The van der Waals surface area contributed by atoms with Gasteiger partial charge in [-0.05, 0) is 61.1 Å². The third-order valence-corrected chi connectivity index (χ3v) is 4.67. The van der Waals surface area contributed by atoms with E-state index in [4.69, 9.17) is 4.74 Å². The molecule has 0 bridgehead atoms. The Kier molecular flexibility index (Phi) is 5.68. The highest BCUT2D eigenvalue weighted by Gasteiger charge is 2.21. The van der Waals surface area contributed by atoms with Gasteiger partial charge in [-0.25, -0.2) is 0 Å². The van der Waals surface area contributed by atoms with Gasteiger partial charge in [0, 0.05) is 13.2 Å². The van der Waals surface area contributed by atoms with E-state index in [0.29, 0.717) is 18.9 Å². The minimum absolute atomic E-state index is 0.0398. The topological polar surface area (TPSA) is 58.6 Å². The van der Waals surface area contributed by atoms with E-state index >= 15 is 0 Å². The molecule has 4 heteroatoms. The van der Waals surface area contributed by atoms with Gasteiger partial charge in [0.15, 0.2) is 0 Å². The number of aliphatic hydroxyl groups excluding tert-OH is 1. The molecule has 1 fully saturated rings. The number of carbonyl (C=O) groups excluding carboxylic acids is 1. The Hall–Kier alpha value is -1.39. The summed E-state index contributed by atoms with van der Waals surface area (Å²) in [5.74, 6) is 0.655. The van der Waals surface area contributed by atoms with Crippen LogP contribution in [-0.4, -0.2) is 36.9 Å². The summed E-state index contributed by atoms with van der Waals surface area (Å²) in [6, 6.07) is 6.39. The van der Waals surface area contributed by atoms with Crippen LogP contribution in [0.1, 0.15) is 42.4 Å². The molecule has 0 spiro atoms. The van der Waals surface area contributed by atoms with Gasteiger partial charge in [0.1, 0.15) is 0 Å². The van der Waals surface area contributed by atoms with Crippen molar-refractivity contribution in [2.24, 2.45) is 5.92 Å². The molecule has 3 rings (SSSR count). The van der Waals surface area contributed by atoms with Crippen LogP contribution in [0.25, 0.3) is 0 Å². The van der Waals surface area contributed by atoms with E-state index < -0.39 is 6.10 Å². The lowest BCUT2D eigenvalue weighted by atomic mass is 9.90. The fourth-order valence-corrected chi connectivity index (χ4v) is 3.09. The fraction of sp³-hybridized carbons (Fsp3) is 0.632. The average molecular weight is 317 g/mol. The van der Waals surface area contributed by atoms with Gasteiger partial charge in [-0.3, -0.25) is 4.79 Å². The lowest BCUT2D eigenvalue weighted by molar-refractivity contribution is -0.121. The van der Waals surface area contributed by atoms with Crippen molar-refractivity contribution in [3.8, 4) is 0 Å². The Bertz CT molecular complexity index is 539. The molecule has 2 aliphatic rings. The number of aryl methyl sites for hydroxylation is 2. The standard InChI is InChI=1S/C19H27NO3/c21-18(13-23-12-14-5-6-14)11-20-19(22)10-15-7-8-16-3-1-2-4-17(16)9-15/h7-9,14,18,21H,1-6,10-13H2,(H,20,22). The van der Waals surface area contributed by atoms with Crippen LogP contribution in [0.2, 0.25) is 0 Å². The summed E-state index contributed by atoms with van der Waals surface area (Å²) < 4.78 is 5.43. The monoisotopic (exact) mass is 317 g/mol. The predicted octanol–water partition coefficient (Wildman–Crippen LogP) is 2.01. The molecule has 23 heavy (non-hydrogen) atoms. The zero-order chi connectivity index (χ0) is 16.1. The summed E-state index contributed by atoms with van der Waals surface area (Å²) in [6.45, 7) is 1.30. The van der Waals surface area contributed by atoms with Crippen molar-refractivity contribution in [2.75, 3.05) is 19.8 Å². The molecule has 1 saturated carbocycles. The largest absolute Gasteiger partial charge is 0.389 e. The molecule has 0 radical (unpaired) electrons. The summed E-state index contributed by atoms with van der Waals surface area (Å²) in [5, 5.41) is 12.6. The molecule has 0 saturated heterocycles. The van der Waals surface area contributed by atoms with Crippen LogP contribution in [0.15, 0.2) is 18.2 Å². The average Bonchev–Trinajstić information content (AvgIpc) is 3.37. The van der Waals surface area contributed by atoms with E-state index in [9.17, 15) is 9.90 Å². The predicted molar refractivity (Wildman–Crippen MR) is 89.3 cm³/mol. The molecule has 0 aromatic heterocycles. The summed E-state index contributed by atoms with van der Waals surface area (Å²) >= 11 is 0. The van der Waals surface area contributed by atoms with Gasteiger partial charge in [0.05, 0.1) is 19.1 Å². The molecule has 2 aliphatic carbocycles. The van der Waals surface area contributed by atoms with E-state index in [1.807, 2.05) is 0 Å². The third kappa shape index (κ3) is 5.33. The first kappa shape index (κ1) is 16.5. The van der Waals surface area contributed by atoms with Crippen LogP contribution in [0.4, 0.5) is 0 Å². The molecule has 1 unspecified atom stereocenters. The van der Waals surface area contributed by atoms with E-state index in [-0.39, 0.29) is 12.5 Å². The van der Waals surface area contributed by atoms with Crippen molar-refractivity contribution in [1.82, 2.24) is 5.32 Å². The molecule has 0 heterocycles. The number of carbonyl (C=O) groups is 1. The van der Waals surface area contributed by atoms with Gasteiger partial charge in [-0.1, -0.05) is 18.2 Å². The summed E-state index contributed by atoms with van der Waals surface area (Å²) in [7, 11) is 0. The number of hydrogen-bond donors (Lipinski definition) is 2. The van der Waals surface area contributed by atoms with E-state index in [1.165, 1.54) is 36.8 Å². The quantitative estimate of drug-likeness (QED) is 0.771. The summed E-state index contributed by atoms with van der Waals surface area (Å²) in [5.41, 5.74) is 3.89. The molecule has 1 aromatic carbocycles. The highest BCUT2D eigenvalue weighted by Crippen LogP contribution is 2.28. The first-order chi connectivity index (χ1) is 11.2. The number of rotatable bonds is 8. The Labute approximate surface area is 138 Å². The molecular weight excluding hydrogens is 290 g/mol. The summed E-state index contributed by atoms with van der Waals surface area (Å²) in [6.07, 6.45) is 7.05. The molecule has 2 N–H and O–H groups in total. The normalized spacial score (nSPS) is 18.3. The van der Waals surface area contributed by atoms with Crippen LogP contribution in [0.5, 0.6) is 0 Å². The van der Waals surface area contributed by atoms with Crippen LogP contribution in [0.3, 0.4) is 0 Å². The second-order valence-corrected chi connectivity index (χ2v) is 6.93. The maximum absolute atomic E-state index is 12.0. The van der Waals surface area contributed by atoms with Crippen LogP contribution in [-0.2, 0) is 28.8 Å². The minimum Gasteiger partial charge on any atom is -0.389 e. The molecule has 1 atom stereocenters. The van der Waals surface area contributed by atoms with Crippen molar-refractivity contribution in [3.63, 3.8) is 0 Å². The maximum atomic E-state index is 12.0. The van der Waals surface area contributed by atoms with Crippen molar-refractivity contribution in [1.29, 1.82) is 0 Å². The van der Waals surface area contributed by atoms with Crippen LogP contribution >= 0.6 is 0 Å². The molecule has 0 aliphatic heterocycles. The molecule has 126 valence electrons. The smallest absolute Gasteiger partial charge is 0.224 e. The highest BCUT2D eigenvalue weighted by molar-refractivity contribution is 5.78. The number of ether oxygens (including phenoxy) is 1. The Morgan fingerprint density at radius 2 is 2.04 bits per heavy atom. The molecule has 1 aromatic rings. The van der Waals surface area contributed by atoms with Gasteiger partial charge >= 0.3 is 0 Å². The lowest BCUT2D eigenvalue weighted by Crippen LogP contribution is -2.35. The third-order valence-electron chi connectivity index (χ3n) is 4.67. The number of aliphatic hydroxyl groups is 1. The number of fused-ring (bicyclic) bond motifs is 1. The van der Waals surface area contributed by atoms with E-state index in [1.54, 1.807) is 0 Å². The lowest BCUT2D eigenvalue weighted by Gasteiger charge is -2.17. The van der Waals surface area contributed by atoms with E-state index in [2.05, 4.69) is 23.5 Å². The van der Waals surface area contributed by atoms with Gasteiger partial charge in [-0.15, -0.1) is 0 Å². The molecule has 1 amide bonds. The first-order valence-corrected chi connectivity index (χ1v) is 8.84. The Balaban J connectivity index is 1.38. The Morgan fingerprint density at radius 1 is 1.26 bits per heavy atom. The van der Waals surface area contributed by atoms with Gasteiger partial charge in [0.2, 0.25) is 5.91 Å². The minimum atomic E-state index is -0.624. The summed E-state index contributed by atoms with van der Waals surface area (Å²) in [4.78, 5) is 12.0. The number of benzene rings is 1. The fourth-order valence-electron chi connectivity index (χ4n) is 3.09. The van der Waals surface area contributed by atoms with Crippen molar-refractivity contribution < 1.29 is 14.6 Å². The van der Waals surface area contributed by atoms with Crippen molar-refractivity contribution in [2.45, 2.75) is 51.0 Å². The zero-order valence-corrected chi connectivity index (χ0v) is 13.7. The highest BCUT2D eigenvalue weighted by atomic mass is 16.5. The van der Waals surface area contributed by atoms with Crippen LogP contribution in [0, 0.1) is 5.92 Å². The number of amides is 1. The van der Waals surface area contributed by atoms with Gasteiger partial charge < -0.3 is 15.2 Å². The molecular formula is C19H27NO3.